The highest BCUT2D eigenvalue weighted by atomic mass is 16.5. The smallest absolute Gasteiger partial charge is 0.277 e. The van der Waals surface area contributed by atoms with E-state index in [0.29, 0.717) is 25.7 Å². The zero-order valence-electron chi connectivity index (χ0n) is 19.4. The van der Waals surface area contributed by atoms with Crippen molar-refractivity contribution >= 4 is 5.91 Å². The van der Waals surface area contributed by atoms with Crippen LogP contribution < -0.4 is 0 Å². The second-order valence-electron chi connectivity index (χ2n) is 9.41. The summed E-state index contributed by atoms with van der Waals surface area (Å²) in [6.07, 6.45) is 19.5. The Bertz CT molecular complexity index is 379. The Labute approximate surface area is 175 Å². The zero-order chi connectivity index (χ0) is 20.5. The molecule has 0 aromatic rings. The maximum absolute atomic E-state index is 12.4. The lowest BCUT2D eigenvalue weighted by atomic mass is 10.0. The van der Waals surface area contributed by atoms with Gasteiger partial charge in [0.15, 0.2) is 6.54 Å². The van der Waals surface area contributed by atoms with Crippen molar-refractivity contribution in [3.8, 4) is 0 Å². The van der Waals surface area contributed by atoms with Gasteiger partial charge >= 0.3 is 0 Å². The van der Waals surface area contributed by atoms with Crippen molar-refractivity contribution in [3.63, 3.8) is 0 Å². The first kappa shape index (κ1) is 25.4. The quantitative estimate of drug-likeness (QED) is 0.243. The number of hydrogen-bond donors (Lipinski definition) is 0. The fourth-order valence-corrected chi connectivity index (χ4v) is 4.09. The van der Waals surface area contributed by atoms with Crippen LogP contribution in [0.1, 0.15) is 96.8 Å². The van der Waals surface area contributed by atoms with E-state index in [-0.39, 0.29) is 0 Å². The molecular formula is C24H49N2O2+. The van der Waals surface area contributed by atoms with E-state index in [9.17, 15) is 4.79 Å². The number of quaternary nitrogens is 1. The summed E-state index contributed by atoms with van der Waals surface area (Å²) in [4.78, 5) is 14.4. The molecule has 0 bridgehead atoms. The summed E-state index contributed by atoms with van der Waals surface area (Å²) in [5.41, 5.74) is 0. The molecule has 28 heavy (non-hydrogen) atoms. The zero-order valence-corrected chi connectivity index (χ0v) is 19.4. The van der Waals surface area contributed by atoms with Crippen LogP contribution in [-0.4, -0.2) is 68.8 Å². The van der Waals surface area contributed by atoms with Crippen LogP contribution in [0.5, 0.6) is 0 Å². The highest BCUT2D eigenvalue weighted by molar-refractivity contribution is 5.77. The molecule has 166 valence electrons. The summed E-state index contributed by atoms with van der Waals surface area (Å²) < 4.78 is 6.15. The van der Waals surface area contributed by atoms with Gasteiger partial charge in [-0.3, -0.25) is 4.79 Å². The van der Waals surface area contributed by atoms with Gasteiger partial charge in [-0.2, -0.15) is 0 Å². The average molecular weight is 398 g/mol. The van der Waals surface area contributed by atoms with Crippen molar-refractivity contribution in [1.82, 2.24) is 4.90 Å². The van der Waals surface area contributed by atoms with Crippen LogP contribution in [0, 0.1) is 0 Å². The van der Waals surface area contributed by atoms with Gasteiger partial charge in [0.1, 0.15) is 0 Å². The molecule has 0 radical (unpaired) electrons. The molecule has 1 aliphatic rings. The first-order valence-corrected chi connectivity index (χ1v) is 12.2. The number of unbranched alkanes of at least 4 members (excludes halogenated alkanes) is 13. The minimum absolute atomic E-state index is 0.290. The lowest BCUT2D eigenvalue weighted by Gasteiger charge is -2.33. The van der Waals surface area contributed by atoms with Crippen LogP contribution in [0.3, 0.4) is 0 Å². The average Bonchev–Trinajstić information content (AvgIpc) is 2.68. The van der Waals surface area contributed by atoms with E-state index in [2.05, 4.69) is 21.0 Å². The highest BCUT2D eigenvalue weighted by Crippen LogP contribution is 2.13. The normalized spacial score (nSPS) is 15.2. The Morgan fingerprint density at radius 2 is 1.18 bits per heavy atom. The number of hydrogen-bond acceptors (Lipinski definition) is 2. The standard InChI is InChI=1S/C24H49N2O2/c1-4-5-6-7-8-9-10-11-12-13-14-15-16-17-20-26(2,3)23-24(27)25-18-21-28-22-19-25/h4-23H2,1-3H3/q+1. The molecule has 0 aromatic heterocycles. The summed E-state index contributed by atoms with van der Waals surface area (Å²) in [6.45, 7) is 6.92. The van der Waals surface area contributed by atoms with Gasteiger partial charge in [0, 0.05) is 13.1 Å². The van der Waals surface area contributed by atoms with Crippen molar-refractivity contribution < 1.29 is 14.0 Å². The minimum atomic E-state index is 0.290. The molecule has 1 heterocycles. The van der Waals surface area contributed by atoms with Crippen molar-refractivity contribution in [1.29, 1.82) is 0 Å². The molecule has 4 nitrogen and oxygen atoms in total. The molecule has 0 spiro atoms. The minimum Gasteiger partial charge on any atom is -0.378 e. The Morgan fingerprint density at radius 3 is 1.64 bits per heavy atom. The Hall–Kier alpha value is -0.610. The van der Waals surface area contributed by atoms with Crippen molar-refractivity contribution in [2.45, 2.75) is 96.8 Å². The van der Waals surface area contributed by atoms with Crippen LogP contribution in [0.2, 0.25) is 0 Å². The third-order valence-corrected chi connectivity index (χ3v) is 6.04. The van der Waals surface area contributed by atoms with Crippen molar-refractivity contribution in [2.24, 2.45) is 0 Å². The lowest BCUT2D eigenvalue weighted by molar-refractivity contribution is -0.883. The summed E-state index contributed by atoms with van der Waals surface area (Å²) in [5.74, 6) is 0.290. The second-order valence-corrected chi connectivity index (χ2v) is 9.41. The molecular weight excluding hydrogens is 348 g/mol. The SMILES string of the molecule is CCCCCCCCCCCCCCCC[N+](C)(C)CC(=O)N1CCOCC1. The van der Waals surface area contributed by atoms with Crippen LogP contribution in [-0.2, 0) is 9.53 Å². The van der Waals surface area contributed by atoms with E-state index in [1.54, 1.807) is 0 Å². The van der Waals surface area contributed by atoms with Gasteiger partial charge in [0.2, 0.25) is 0 Å². The number of carbonyl (C=O) groups is 1. The molecule has 0 aliphatic carbocycles. The van der Waals surface area contributed by atoms with Crippen LogP contribution in [0.4, 0.5) is 0 Å². The summed E-state index contributed by atoms with van der Waals surface area (Å²) in [7, 11) is 4.39. The lowest BCUT2D eigenvalue weighted by Crippen LogP contribution is -2.51. The van der Waals surface area contributed by atoms with Gasteiger partial charge < -0.3 is 14.1 Å². The van der Waals surface area contributed by atoms with E-state index < -0.39 is 0 Å². The van der Waals surface area contributed by atoms with Gasteiger partial charge in [-0.15, -0.1) is 0 Å². The molecule has 1 fully saturated rings. The van der Waals surface area contributed by atoms with E-state index in [1.165, 1.54) is 89.9 Å². The first-order valence-electron chi connectivity index (χ1n) is 12.2. The van der Waals surface area contributed by atoms with Crippen molar-refractivity contribution in [3.05, 3.63) is 0 Å². The number of nitrogens with zero attached hydrogens (tertiary/aromatic N) is 2. The topological polar surface area (TPSA) is 29.5 Å². The molecule has 1 amide bonds. The number of morpholine rings is 1. The Kier molecular flexibility index (Phi) is 14.7. The van der Waals surface area contributed by atoms with Gasteiger partial charge in [-0.1, -0.05) is 84.0 Å². The van der Waals surface area contributed by atoms with Gasteiger partial charge in [-0.25, -0.2) is 0 Å². The maximum Gasteiger partial charge on any atom is 0.277 e. The van der Waals surface area contributed by atoms with Crippen LogP contribution >= 0.6 is 0 Å². The number of amides is 1. The molecule has 1 aliphatic heterocycles. The molecule has 0 atom stereocenters. The monoisotopic (exact) mass is 397 g/mol. The molecule has 1 rings (SSSR count). The third-order valence-electron chi connectivity index (χ3n) is 6.04. The number of rotatable bonds is 17. The molecule has 0 unspecified atom stereocenters. The number of ether oxygens (including phenoxy) is 1. The van der Waals surface area contributed by atoms with E-state index in [4.69, 9.17) is 4.74 Å². The van der Waals surface area contributed by atoms with Crippen molar-refractivity contribution in [2.75, 3.05) is 53.5 Å². The van der Waals surface area contributed by atoms with Gasteiger partial charge in [-0.05, 0) is 12.8 Å². The van der Waals surface area contributed by atoms with E-state index >= 15 is 0 Å². The number of carbonyl (C=O) groups excluding carboxylic acids is 1. The Morgan fingerprint density at radius 1 is 0.750 bits per heavy atom. The largest absolute Gasteiger partial charge is 0.378 e. The fraction of sp³-hybridized carbons (Fsp3) is 0.958. The second kappa shape index (κ2) is 16.2. The van der Waals surface area contributed by atoms with Crippen LogP contribution in [0.25, 0.3) is 0 Å². The third kappa shape index (κ3) is 13.5. The molecule has 1 saturated heterocycles. The Balaban J connectivity index is 1.89. The van der Waals surface area contributed by atoms with E-state index in [1.807, 2.05) is 4.90 Å². The predicted molar refractivity (Wildman–Crippen MR) is 120 cm³/mol. The molecule has 0 aromatic carbocycles. The molecule has 0 saturated carbocycles. The maximum atomic E-state index is 12.4. The predicted octanol–water partition coefficient (Wildman–Crippen LogP) is 5.40. The first-order chi connectivity index (χ1) is 13.5. The molecule has 0 N–H and O–H groups in total. The highest BCUT2D eigenvalue weighted by Gasteiger charge is 2.25. The van der Waals surface area contributed by atoms with E-state index in [0.717, 1.165) is 24.1 Å². The van der Waals surface area contributed by atoms with Gasteiger partial charge in [0.05, 0.1) is 33.9 Å². The fourth-order valence-electron chi connectivity index (χ4n) is 4.09. The summed E-state index contributed by atoms with van der Waals surface area (Å²) >= 11 is 0. The summed E-state index contributed by atoms with van der Waals surface area (Å²) in [6, 6.07) is 0. The molecule has 4 heteroatoms. The van der Waals surface area contributed by atoms with Crippen LogP contribution in [0.15, 0.2) is 0 Å². The summed E-state index contributed by atoms with van der Waals surface area (Å²) in [5, 5.41) is 0. The van der Waals surface area contributed by atoms with Gasteiger partial charge in [0.25, 0.3) is 5.91 Å². The number of likely N-dealkylation sites (N-methyl/N-ethyl adjacent to an activating group) is 1.